The highest BCUT2D eigenvalue weighted by Crippen LogP contribution is 2.26. The molecule has 4 heterocycles. The van der Waals surface area contributed by atoms with Gasteiger partial charge in [-0.2, -0.15) is 8.42 Å². The first-order valence-corrected chi connectivity index (χ1v) is 11.8. The number of sulfonamides is 1. The Hall–Kier alpha value is -3.62. The van der Waals surface area contributed by atoms with E-state index in [2.05, 4.69) is 36.4 Å². The molecule has 0 spiro atoms. The van der Waals surface area contributed by atoms with E-state index in [9.17, 15) is 8.42 Å². The van der Waals surface area contributed by atoms with E-state index in [0.29, 0.717) is 25.2 Å². The van der Waals surface area contributed by atoms with Crippen molar-refractivity contribution in [3.63, 3.8) is 0 Å². The van der Waals surface area contributed by atoms with Gasteiger partial charge in [-0.25, -0.2) is 15.0 Å². The minimum Gasteiger partial charge on any atom is -0.479 e. The average Bonchev–Trinajstić information content (AvgIpc) is 3.39. The van der Waals surface area contributed by atoms with Gasteiger partial charge in [0, 0.05) is 24.8 Å². The molecule has 1 aliphatic heterocycles. The van der Waals surface area contributed by atoms with Crippen molar-refractivity contribution in [2.45, 2.75) is 18.4 Å². The Morgan fingerprint density at radius 1 is 1.21 bits per heavy atom. The van der Waals surface area contributed by atoms with Crippen molar-refractivity contribution < 1.29 is 22.3 Å². The quantitative estimate of drug-likeness (QED) is 0.541. The standard InChI is InChI=1S/C22H23N5O5S/c1-3-18-17(21(25-15-24-18)27-8-11-31-12-9-27)7-6-16-13-19(22(30-2)23-14-16)26-33(28,29)20-5-4-10-32-20/h4-5,10,13-15,26H,3,8-9,11-12H2,1-2H3. The third kappa shape index (κ3) is 5.08. The van der Waals surface area contributed by atoms with Crippen molar-refractivity contribution >= 4 is 21.5 Å². The molecule has 0 bridgehead atoms. The number of furan rings is 1. The van der Waals surface area contributed by atoms with E-state index in [4.69, 9.17) is 13.9 Å². The van der Waals surface area contributed by atoms with Gasteiger partial charge in [-0.3, -0.25) is 4.72 Å². The third-order valence-corrected chi connectivity index (χ3v) is 6.18. The summed E-state index contributed by atoms with van der Waals surface area (Å²) in [6, 6.07) is 4.40. The Kier molecular flexibility index (Phi) is 6.76. The highest BCUT2D eigenvalue weighted by atomic mass is 32.2. The first-order valence-electron chi connectivity index (χ1n) is 10.3. The number of hydrogen-bond acceptors (Lipinski definition) is 9. The van der Waals surface area contributed by atoms with Crippen molar-refractivity contribution in [1.29, 1.82) is 0 Å². The van der Waals surface area contributed by atoms with E-state index in [0.717, 1.165) is 30.2 Å². The molecule has 3 aromatic heterocycles. The molecule has 0 amide bonds. The van der Waals surface area contributed by atoms with E-state index < -0.39 is 10.0 Å². The van der Waals surface area contributed by atoms with Gasteiger partial charge in [-0.1, -0.05) is 18.8 Å². The highest BCUT2D eigenvalue weighted by Gasteiger charge is 2.21. The Morgan fingerprint density at radius 3 is 2.73 bits per heavy atom. The molecule has 172 valence electrons. The molecule has 0 radical (unpaired) electrons. The smallest absolute Gasteiger partial charge is 0.295 e. The van der Waals surface area contributed by atoms with Crippen LogP contribution in [0.15, 0.2) is 46.5 Å². The first-order chi connectivity index (χ1) is 16.0. The van der Waals surface area contributed by atoms with Gasteiger partial charge < -0.3 is 18.8 Å². The molecule has 3 aromatic rings. The fourth-order valence-electron chi connectivity index (χ4n) is 3.32. The number of hydrogen-bond donors (Lipinski definition) is 1. The molecular formula is C22H23N5O5S. The van der Waals surface area contributed by atoms with Gasteiger partial charge in [0.1, 0.15) is 17.8 Å². The van der Waals surface area contributed by atoms with Crippen LogP contribution in [0, 0.1) is 11.8 Å². The van der Waals surface area contributed by atoms with Crippen LogP contribution in [0.2, 0.25) is 0 Å². The molecule has 11 heteroatoms. The number of nitrogens with zero attached hydrogens (tertiary/aromatic N) is 4. The minimum atomic E-state index is -3.94. The van der Waals surface area contributed by atoms with Gasteiger partial charge in [0.05, 0.1) is 37.8 Å². The van der Waals surface area contributed by atoms with Crippen molar-refractivity contribution in [3.8, 4) is 17.7 Å². The van der Waals surface area contributed by atoms with Crippen LogP contribution < -0.4 is 14.4 Å². The van der Waals surface area contributed by atoms with Gasteiger partial charge in [-0.05, 0) is 24.6 Å². The molecule has 0 aliphatic carbocycles. The van der Waals surface area contributed by atoms with E-state index in [-0.39, 0.29) is 16.7 Å². The summed E-state index contributed by atoms with van der Waals surface area (Å²) >= 11 is 0. The van der Waals surface area contributed by atoms with Gasteiger partial charge in [0.2, 0.25) is 11.0 Å². The SMILES string of the molecule is CCc1ncnc(N2CCOCC2)c1C#Cc1cnc(OC)c(NS(=O)(=O)c2ccco2)c1. The number of methoxy groups -OCH3 is 1. The number of aromatic nitrogens is 3. The van der Waals surface area contributed by atoms with Crippen molar-refractivity contribution in [3.05, 3.63) is 53.8 Å². The van der Waals surface area contributed by atoms with Crippen molar-refractivity contribution in [1.82, 2.24) is 15.0 Å². The summed E-state index contributed by atoms with van der Waals surface area (Å²) in [6.07, 6.45) is 5.04. The van der Waals surface area contributed by atoms with Crippen LogP contribution in [0.3, 0.4) is 0 Å². The molecule has 1 fully saturated rings. The molecule has 0 atom stereocenters. The Labute approximate surface area is 192 Å². The Morgan fingerprint density at radius 2 is 2.03 bits per heavy atom. The second kappa shape index (κ2) is 9.89. The van der Waals surface area contributed by atoms with Crippen LogP contribution in [0.1, 0.15) is 23.7 Å². The van der Waals surface area contributed by atoms with Crippen LogP contribution in [0.25, 0.3) is 0 Å². The van der Waals surface area contributed by atoms with Crippen LogP contribution in [-0.2, 0) is 21.2 Å². The second-order valence-electron chi connectivity index (χ2n) is 7.04. The number of aryl methyl sites for hydroxylation is 1. The molecule has 1 aliphatic rings. The fourth-order valence-corrected chi connectivity index (χ4v) is 4.30. The van der Waals surface area contributed by atoms with Gasteiger partial charge >= 0.3 is 0 Å². The Balaban J connectivity index is 1.69. The summed E-state index contributed by atoms with van der Waals surface area (Å²) in [4.78, 5) is 15.2. The summed E-state index contributed by atoms with van der Waals surface area (Å²) in [7, 11) is -2.54. The predicted octanol–water partition coefficient (Wildman–Crippen LogP) is 2.07. The summed E-state index contributed by atoms with van der Waals surface area (Å²) in [6.45, 7) is 4.70. The zero-order valence-electron chi connectivity index (χ0n) is 18.2. The van der Waals surface area contributed by atoms with Gasteiger partial charge in [0.15, 0.2) is 0 Å². The number of morpholine rings is 1. The third-order valence-electron chi connectivity index (χ3n) is 4.93. The lowest BCUT2D eigenvalue weighted by Crippen LogP contribution is -2.37. The number of rotatable bonds is 6. The number of anilines is 2. The molecule has 0 saturated carbocycles. The maximum atomic E-state index is 12.6. The lowest BCUT2D eigenvalue weighted by Gasteiger charge is -2.28. The molecular weight excluding hydrogens is 446 g/mol. The summed E-state index contributed by atoms with van der Waals surface area (Å²) in [5.41, 5.74) is 2.20. The van der Waals surface area contributed by atoms with E-state index in [1.807, 2.05) is 6.92 Å². The first kappa shape index (κ1) is 22.6. The largest absolute Gasteiger partial charge is 0.479 e. The second-order valence-corrected chi connectivity index (χ2v) is 8.65. The topological polar surface area (TPSA) is 120 Å². The normalized spacial score (nSPS) is 13.8. The van der Waals surface area contributed by atoms with Crippen molar-refractivity contribution in [2.75, 3.05) is 43.0 Å². The molecule has 1 N–H and O–H groups in total. The number of pyridine rings is 1. The van der Waals surface area contributed by atoms with E-state index in [1.54, 1.807) is 12.4 Å². The molecule has 1 saturated heterocycles. The molecule has 33 heavy (non-hydrogen) atoms. The van der Waals surface area contributed by atoms with E-state index >= 15 is 0 Å². The maximum absolute atomic E-state index is 12.6. The molecule has 10 nitrogen and oxygen atoms in total. The van der Waals surface area contributed by atoms with Crippen LogP contribution >= 0.6 is 0 Å². The zero-order chi connectivity index (χ0) is 23.3. The summed E-state index contributed by atoms with van der Waals surface area (Å²) in [5, 5.41) is -0.217. The molecule has 0 aromatic carbocycles. The summed E-state index contributed by atoms with van der Waals surface area (Å²) in [5.74, 6) is 7.11. The van der Waals surface area contributed by atoms with Crippen LogP contribution in [0.4, 0.5) is 11.5 Å². The maximum Gasteiger partial charge on any atom is 0.295 e. The highest BCUT2D eigenvalue weighted by molar-refractivity contribution is 7.92. The van der Waals surface area contributed by atoms with E-state index in [1.165, 1.54) is 31.7 Å². The monoisotopic (exact) mass is 469 g/mol. The van der Waals surface area contributed by atoms with Gasteiger partial charge in [-0.15, -0.1) is 0 Å². The Bertz CT molecular complexity index is 1280. The van der Waals surface area contributed by atoms with Crippen molar-refractivity contribution in [2.24, 2.45) is 0 Å². The molecule has 4 rings (SSSR count). The fraction of sp³-hybridized carbons (Fsp3) is 0.318. The lowest BCUT2D eigenvalue weighted by atomic mass is 10.1. The number of nitrogens with one attached hydrogen (secondary N) is 1. The zero-order valence-corrected chi connectivity index (χ0v) is 19.1. The lowest BCUT2D eigenvalue weighted by molar-refractivity contribution is 0.122. The van der Waals surface area contributed by atoms with Crippen LogP contribution in [0.5, 0.6) is 5.88 Å². The van der Waals surface area contributed by atoms with Crippen LogP contribution in [-0.4, -0.2) is 56.8 Å². The summed E-state index contributed by atoms with van der Waals surface area (Å²) < 4.78 is 43.2. The number of ether oxygens (including phenoxy) is 2. The minimum absolute atomic E-state index is 0.113. The predicted molar refractivity (Wildman–Crippen MR) is 121 cm³/mol. The van der Waals surface area contributed by atoms with Gasteiger partial charge in [0.25, 0.3) is 10.0 Å². The average molecular weight is 470 g/mol. The molecule has 0 unspecified atom stereocenters.